The first-order valence-corrected chi connectivity index (χ1v) is 7.37. The molecule has 0 heterocycles. The van der Waals surface area contributed by atoms with Crippen molar-refractivity contribution in [2.24, 2.45) is 0 Å². The van der Waals surface area contributed by atoms with E-state index in [1.54, 1.807) is 7.11 Å². The van der Waals surface area contributed by atoms with Crippen LogP contribution in [0.25, 0.3) is 10.8 Å². The molecule has 1 atom stereocenters. The van der Waals surface area contributed by atoms with Crippen molar-refractivity contribution in [3.8, 4) is 5.75 Å². The van der Waals surface area contributed by atoms with Gasteiger partial charge in [-0.3, -0.25) is 0 Å². The predicted octanol–water partition coefficient (Wildman–Crippen LogP) is 3.62. The van der Waals surface area contributed by atoms with Crippen molar-refractivity contribution in [3.63, 3.8) is 0 Å². The van der Waals surface area contributed by atoms with Crippen molar-refractivity contribution in [3.05, 3.63) is 42.5 Å². The van der Waals surface area contributed by atoms with Crippen LogP contribution in [0.2, 0.25) is 0 Å². The van der Waals surface area contributed by atoms with E-state index >= 15 is 0 Å². The summed E-state index contributed by atoms with van der Waals surface area (Å²) >= 11 is 0. The number of hydrogen-bond acceptors (Lipinski definition) is 3. The lowest BCUT2D eigenvalue weighted by atomic mass is 10.1. The van der Waals surface area contributed by atoms with E-state index in [1.807, 2.05) is 18.2 Å². The number of rotatable bonds is 6. The van der Waals surface area contributed by atoms with E-state index in [1.165, 1.54) is 10.8 Å². The van der Waals surface area contributed by atoms with Crippen LogP contribution < -0.4 is 10.1 Å². The van der Waals surface area contributed by atoms with Crippen LogP contribution >= 0.6 is 0 Å². The molecule has 0 bridgehead atoms. The highest BCUT2D eigenvalue weighted by Gasteiger charge is 2.15. The first kappa shape index (κ1) is 15.8. The Morgan fingerprint density at radius 1 is 1.05 bits per heavy atom. The Bertz CT molecular complexity index is 575. The van der Waals surface area contributed by atoms with Crippen LogP contribution in [0.5, 0.6) is 5.75 Å². The SMILES string of the molecule is COCC(CNC(C)(C)C)Oc1ccc2ccccc2c1. The molecule has 2 aromatic carbocycles. The summed E-state index contributed by atoms with van der Waals surface area (Å²) < 4.78 is 11.3. The van der Waals surface area contributed by atoms with Gasteiger partial charge in [-0.25, -0.2) is 0 Å². The third-order valence-electron chi connectivity index (χ3n) is 3.24. The molecular formula is C18H25NO2. The van der Waals surface area contributed by atoms with Crippen LogP contribution in [0.15, 0.2) is 42.5 Å². The summed E-state index contributed by atoms with van der Waals surface area (Å²) in [5, 5.41) is 5.87. The van der Waals surface area contributed by atoms with E-state index in [2.05, 4.69) is 50.4 Å². The minimum Gasteiger partial charge on any atom is -0.487 e. The highest BCUT2D eigenvalue weighted by atomic mass is 16.5. The molecule has 0 aromatic heterocycles. The summed E-state index contributed by atoms with van der Waals surface area (Å²) in [6, 6.07) is 14.5. The van der Waals surface area contributed by atoms with Crippen molar-refractivity contribution >= 4 is 10.8 Å². The van der Waals surface area contributed by atoms with E-state index < -0.39 is 0 Å². The molecule has 0 aliphatic heterocycles. The Balaban J connectivity index is 2.07. The van der Waals surface area contributed by atoms with Gasteiger partial charge < -0.3 is 14.8 Å². The Kier molecular flexibility index (Phi) is 5.21. The fourth-order valence-corrected chi connectivity index (χ4v) is 2.17. The third kappa shape index (κ3) is 5.03. The average molecular weight is 287 g/mol. The molecule has 3 heteroatoms. The van der Waals surface area contributed by atoms with Crippen molar-refractivity contribution in [2.75, 3.05) is 20.3 Å². The summed E-state index contributed by atoms with van der Waals surface area (Å²) in [4.78, 5) is 0. The van der Waals surface area contributed by atoms with Gasteiger partial charge in [0.15, 0.2) is 0 Å². The van der Waals surface area contributed by atoms with Crippen LogP contribution in [0.4, 0.5) is 0 Å². The average Bonchev–Trinajstić information content (AvgIpc) is 2.44. The molecule has 3 nitrogen and oxygen atoms in total. The fourth-order valence-electron chi connectivity index (χ4n) is 2.17. The standard InChI is InChI=1S/C18H25NO2/c1-18(2,3)19-12-17(13-20-4)21-16-10-9-14-7-5-6-8-15(14)11-16/h5-11,17,19H,12-13H2,1-4H3. The van der Waals surface area contributed by atoms with Crippen LogP contribution in [0, 0.1) is 0 Å². The molecule has 2 aromatic rings. The van der Waals surface area contributed by atoms with Crippen LogP contribution in [-0.2, 0) is 4.74 Å². The molecule has 0 fully saturated rings. The minimum atomic E-state index is -0.00427. The maximum absolute atomic E-state index is 6.07. The van der Waals surface area contributed by atoms with Crippen molar-refractivity contribution in [2.45, 2.75) is 32.4 Å². The Morgan fingerprint density at radius 2 is 1.76 bits per heavy atom. The molecule has 1 unspecified atom stereocenters. The largest absolute Gasteiger partial charge is 0.487 e. The van der Waals surface area contributed by atoms with E-state index in [-0.39, 0.29) is 11.6 Å². The van der Waals surface area contributed by atoms with Gasteiger partial charge in [-0.15, -0.1) is 0 Å². The van der Waals surface area contributed by atoms with Gasteiger partial charge >= 0.3 is 0 Å². The zero-order valence-corrected chi connectivity index (χ0v) is 13.3. The first-order chi connectivity index (χ1) is 9.98. The number of benzene rings is 2. The zero-order chi connectivity index (χ0) is 15.3. The second-order valence-electron chi connectivity index (χ2n) is 6.34. The molecule has 114 valence electrons. The molecule has 0 aliphatic rings. The van der Waals surface area contributed by atoms with Gasteiger partial charge in [0.05, 0.1) is 6.61 Å². The van der Waals surface area contributed by atoms with Gasteiger partial charge in [0.2, 0.25) is 0 Å². The molecule has 0 saturated carbocycles. The quantitative estimate of drug-likeness (QED) is 0.880. The Hall–Kier alpha value is -1.58. The summed E-state index contributed by atoms with van der Waals surface area (Å²) in [5.41, 5.74) is 0.0682. The monoisotopic (exact) mass is 287 g/mol. The molecular weight excluding hydrogens is 262 g/mol. The molecule has 1 N–H and O–H groups in total. The van der Waals surface area contributed by atoms with Gasteiger partial charge in [0.25, 0.3) is 0 Å². The lowest BCUT2D eigenvalue weighted by Crippen LogP contribution is -2.44. The predicted molar refractivity (Wildman–Crippen MR) is 88.0 cm³/mol. The van der Waals surface area contributed by atoms with Crippen molar-refractivity contribution < 1.29 is 9.47 Å². The lowest BCUT2D eigenvalue weighted by Gasteiger charge is -2.25. The van der Waals surface area contributed by atoms with E-state index in [9.17, 15) is 0 Å². The highest BCUT2D eigenvalue weighted by molar-refractivity contribution is 5.83. The van der Waals surface area contributed by atoms with Crippen LogP contribution in [-0.4, -0.2) is 31.9 Å². The normalized spacial score (nSPS) is 13.3. The number of ether oxygens (including phenoxy) is 2. The molecule has 21 heavy (non-hydrogen) atoms. The van der Waals surface area contributed by atoms with Gasteiger partial charge in [0.1, 0.15) is 11.9 Å². The smallest absolute Gasteiger partial charge is 0.134 e. The van der Waals surface area contributed by atoms with Gasteiger partial charge in [-0.1, -0.05) is 30.3 Å². The lowest BCUT2D eigenvalue weighted by molar-refractivity contribution is 0.0766. The topological polar surface area (TPSA) is 30.5 Å². The molecule has 0 radical (unpaired) electrons. The number of nitrogens with one attached hydrogen (secondary N) is 1. The van der Waals surface area contributed by atoms with Gasteiger partial charge in [-0.05, 0) is 43.7 Å². The number of hydrogen-bond donors (Lipinski definition) is 1. The maximum Gasteiger partial charge on any atom is 0.134 e. The minimum absolute atomic E-state index is 0.00427. The molecule has 0 amide bonds. The molecule has 0 aliphatic carbocycles. The van der Waals surface area contributed by atoms with Crippen molar-refractivity contribution in [1.82, 2.24) is 5.32 Å². The molecule has 2 rings (SSSR count). The van der Waals surface area contributed by atoms with Gasteiger partial charge in [-0.2, -0.15) is 0 Å². The Morgan fingerprint density at radius 3 is 2.43 bits per heavy atom. The second kappa shape index (κ2) is 6.92. The Labute approximate surface area is 127 Å². The third-order valence-corrected chi connectivity index (χ3v) is 3.24. The number of methoxy groups -OCH3 is 1. The first-order valence-electron chi connectivity index (χ1n) is 7.37. The van der Waals surface area contributed by atoms with Gasteiger partial charge in [0, 0.05) is 19.2 Å². The van der Waals surface area contributed by atoms with E-state index in [0.717, 1.165) is 12.3 Å². The summed E-state index contributed by atoms with van der Waals surface area (Å²) in [5.74, 6) is 0.881. The molecule has 0 spiro atoms. The summed E-state index contributed by atoms with van der Waals surface area (Å²) in [6.45, 7) is 7.76. The summed E-state index contributed by atoms with van der Waals surface area (Å²) in [6.07, 6.45) is -0.00427. The van der Waals surface area contributed by atoms with Crippen LogP contribution in [0.1, 0.15) is 20.8 Å². The molecule has 0 saturated heterocycles. The zero-order valence-electron chi connectivity index (χ0n) is 13.3. The maximum atomic E-state index is 6.07. The second-order valence-corrected chi connectivity index (χ2v) is 6.34. The fraction of sp³-hybridized carbons (Fsp3) is 0.444. The highest BCUT2D eigenvalue weighted by Crippen LogP contribution is 2.21. The summed E-state index contributed by atoms with van der Waals surface area (Å²) in [7, 11) is 1.70. The van der Waals surface area contributed by atoms with E-state index in [0.29, 0.717) is 6.61 Å². The van der Waals surface area contributed by atoms with E-state index in [4.69, 9.17) is 9.47 Å². The van der Waals surface area contributed by atoms with Crippen LogP contribution in [0.3, 0.4) is 0 Å². The van der Waals surface area contributed by atoms with Crippen molar-refractivity contribution in [1.29, 1.82) is 0 Å². The number of fused-ring (bicyclic) bond motifs is 1.